The predicted molar refractivity (Wildman–Crippen MR) is 159 cm³/mol. The Balaban J connectivity index is 1.53. The van der Waals surface area contributed by atoms with Crippen LogP contribution in [0.5, 0.6) is 5.75 Å². The van der Waals surface area contributed by atoms with Gasteiger partial charge in [-0.2, -0.15) is 13.2 Å². The molecule has 0 saturated heterocycles. The number of benzene rings is 2. The van der Waals surface area contributed by atoms with Crippen LogP contribution < -0.4 is 20.7 Å². The molecule has 45 heavy (non-hydrogen) atoms. The maximum atomic E-state index is 13.7. The van der Waals surface area contributed by atoms with Crippen LogP contribution in [0, 0.1) is 19.8 Å². The molecule has 0 spiro atoms. The van der Waals surface area contributed by atoms with E-state index in [1.165, 1.54) is 41.1 Å². The number of nitrogens with one attached hydrogen (secondary N) is 3. The van der Waals surface area contributed by atoms with Crippen LogP contribution in [0.1, 0.15) is 41.2 Å². The number of halogens is 3. The molecule has 3 atom stereocenters. The number of carbonyl (C=O) groups is 3. The van der Waals surface area contributed by atoms with Gasteiger partial charge in [-0.15, -0.1) is 0 Å². The van der Waals surface area contributed by atoms with Crippen molar-refractivity contribution in [2.24, 2.45) is 5.92 Å². The molecule has 0 aliphatic carbocycles. The molecule has 1 aliphatic rings. The van der Waals surface area contributed by atoms with Crippen molar-refractivity contribution in [3.8, 4) is 5.75 Å². The van der Waals surface area contributed by atoms with E-state index >= 15 is 0 Å². The molecule has 0 unspecified atom stereocenters. The normalized spacial score (nSPS) is 17.4. The molecule has 4 rings (SSSR count). The van der Waals surface area contributed by atoms with Gasteiger partial charge in [-0.3, -0.25) is 4.79 Å². The summed E-state index contributed by atoms with van der Waals surface area (Å²) in [6, 6.07) is 6.94. The van der Waals surface area contributed by atoms with Gasteiger partial charge in [-0.25, -0.2) is 9.59 Å². The zero-order valence-corrected chi connectivity index (χ0v) is 25.4. The molecule has 15 heteroatoms. The maximum Gasteiger partial charge on any atom is 0.416 e. The Morgan fingerprint density at radius 2 is 1.78 bits per heavy atom. The molecule has 0 fully saturated rings. The fraction of sp³-hybridized carbons (Fsp3) is 0.400. The van der Waals surface area contributed by atoms with Crippen LogP contribution in [-0.4, -0.2) is 76.9 Å². The number of amides is 5. The van der Waals surface area contributed by atoms with E-state index in [0.717, 1.165) is 12.1 Å². The first kappa shape index (κ1) is 33.1. The highest BCUT2D eigenvalue weighted by Gasteiger charge is 2.34. The van der Waals surface area contributed by atoms with E-state index in [0.29, 0.717) is 22.8 Å². The average molecular weight is 633 g/mol. The number of carbonyl (C=O) groups excluding carboxylic acids is 3. The van der Waals surface area contributed by atoms with Crippen LogP contribution in [-0.2, 0) is 6.18 Å². The summed E-state index contributed by atoms with van der Waals surface area (Å²) in [6.07, 6.45) is -5.13. The van der Waals surface area contributed by atoms with Gasteiger partial charge in [0, 0.05) is 30.9 Å². The summed E-state index contributed by atoms with van der Waals surface area (Å²) in [5, 5.41) is 21.6. The highest BCUT2D eigenvalue weighted by molar-refractivity contribution is 6.03. The van der Waals surface area contributed by atoms with Crippen molar-refractivity contribution in [3.63, 3.8) is 0 Å². The molecule has 1 aliphatic heterocycles. The fourth-order valence-corrected chi connectivity index (χ4v) is 4.77. The van der Waals surface area contributed by atoms with Gasteiger partial charge in [0.25, 0.3) is 5.91 Å². The molecular weight excluding hydrogens is 597 g/mol. The number of rotatable bonds is 7. The second kappa shape index (κ2) is 13.5. The van der Waals surface area contributed by atoms with Crippen molar-refractivity contribution in [2.75, 3.05) is 42.7 Å². The zero-order chi connectivity index (χ0) is 33.1. The summed E-state index contributed by atoms with van der Waals surface area (Å²) in [7, 11) is 1.51. The number of likely N-dealkylation sites (N-methyl/N-ethyl adjacent to an activating group) is 1. The Morgan fingerprint density at radius 1 is 1.11 bits per heavy atom. The number of fused-ring (bicyclic) bond motifs is 1. The fourth-order valence-electron chi connectivity index (χ4n) is 4.77. The second-order valence-electron chi connectivity index (χ2n) is 11.0. The molecule has 5 amide bonds. The van der Waals surface area contributed by atoms with Crippen molar-refractivity contribution in [1.82, 2.24) is 15.0 Å². The van der Waals surface area contributed by atoms with E-state index in [1.807, 2.05) is 6.92 Å². The van der Waals surface area contributed by atoms with E-state index in [1.54, 1.807) is 26.8 Å². The van der Waals surface area contributed by atoms with Crippen LogP contribution in [0.2, 0.25) is 0 Å². The number of ether oxygens (including phenoxy) is 1. The largest absolute Gasteiger partial charge is 0.487 e. The summed E-state index contributed by atoms with van der Waals surface area (Å²) in [5.74, 6) is -0.0905. The number of anilines is 3. The number of alkyl halides is 3. The number of urea groups is 2. The number of hydrogen-bond donors (Lipinski definition) is 4. The van der Waals surface area contributed by atoms with Crippen LogP contribution in [0.3, 0.4) is 0 Å². The summed E-state index contributed by atoms with van der Waals surface area (Å²) < 4.78 is 50.0. The zero-order valence-electron chi connectivity index (χ0n) is 25.4. The summed E-state index contributed by atoms with van der Waals surface area (Å²) >= 11 is 0. The molecule has 4 N–H and O–H groups in total. The Labute approximate surface area is 257 Å². The number of aliphatic hydroxyl groups is 1. The van der Waals surface area contributed by atoms with Crippen molar-refractivity contribution < 1.29 is 41.9 Å². The Kier molecular flexibility index (Phi) is 9.91. The Morgan fingerprint density at radius 3 is 2.38 bits per heavy atom. The van der Waals surface area contributed by atoms with Crippen molar-refractivity contribution >= 4 is 35.0 Å². The molecule has 2 aromatic carbocycles. The summed E-state index contributed by atoms with van der Waals surface area (Å²) in [5.41, 5.74) is 0.702. The van der Waals surface area contributed by atoms with Gasteiger partial charge in [-0.1, -0.05) is 12.1 Å². The third-order valence-electron chi connectivity index (χ3n) is 7.46. The SMILES string of the molecule is Cc1noc(C)c1NC(=O)Nc1ccc2c(c1)C(=O)N([C@H](C)CO)C[C@H](C)[C@H](CN(C)C(=O)Nc1ccc(C(F)(F)F)cc1)O2. The lowest BCUT2D eigenvalue weighted by atomic mass is 9.99. The molecule has 242 valence electrons. The van der Waals surface area contributed by atoms with Crippen LogP contribution >= 0.6 is 0 Å². The number of aryl methyl sites for hydroxylation is 2. The first-order valence-electron chi connectivity index (χ1n) is 14.1. The standard InChI is InChI=1S/C30H35F3N6O6/c1-16-13-39(17(2)15-40)27(41)23-12-22(34-28(42)36-26-18(3)37-45-19(26)4)10-11-24(23)44-25(16)14-38(5)29(43)35-21-8-6-20(7-9-21)30(31,32)33/h6-12,16-17,25,40H,13-15H2,1-5H3,(H,35,43)(H2,34,36,42)/t16-,17+,25-/m0/s1. The summed E-state index contributed by atoms with van der Waals surface area (Å²) in [4.78, 5) is 42.2. The third-order valence-corrected chi connectivity index (χ3v) is 7.46. The first-order valence-corrected chi connectivity index (χ1v) is 14.1. The van der Waals surface area contributed by atoms with Gasteiger partial charge in [-0.05, 0) is 63.2 Å². The number of hydrogen-bond acceptors (Lipinski definition) is 7. The van der Waals surface area contributed by atoms with Gasteiger partial charge < -0.3 is 40.1 Å². The molecule has 1 aromatic heterocycles. The van der Waals surface area contributed by atoms with Crippen LogP contribution in [0.4, 0.5) is 39.8 Å². The van der Waals surface area contributed by atoms with Crippen molar-refractivity contribution in [3.05, 3.63) is 65.0 Å². The minimum Gasteiger partial charge on any atom is -0.487 e. The molecule has 0 radical (unpaired) electrons. The number of nitrogens with zero attached hydrogens (tertiary/aromatic N) is 3. The van der Waals surface area contributed by atoms with Gasteiger partial charge in [0.05, 0.1) is 30.3 Å². The first-order chi connectivity index (χ1) is 21.2. The Hall–Kier alpha value is -4.79. The maximum absolute atomic E-state index is 13.7. The lowest BCUT2D eigenvalue weighted by Gasteiger charge is -2.38. The quantitative estimate of drug-likeness (QED) is 0.275. The number of aliphatic hydroxyl groups excluding tert-OH is 1. The van der Waals surface area contributed by atoms with E-state index in [4.69, 9.17) is 9.26 Å². The molecule has 0 bridgehead atoms. The molecular formula is C30H35F3N6O6. The van der Waals surface area contributed by atoms with Crippen molar-refractivity contribution in [1.29, 1.82) is 0 Å². The van der Waals surface area contributed by atoms with E-state index in [9.17, 15) is 32.7 Å². The molecule has 3 aromatic rings. The highest BCUT2D eigenvalue weighted by atomic mass is 19.4. The monoisotopic (exact) mass is 632 g/mol. The van der Waals surface area contributed by atoms with E-state index < -0.39 is 41.9 Å². The minimum atomic E-state index is -4.50. The second-order valence-corrected chi connectivity index (χ2v) is 11.0. The van der Waals surface area contributed by atoms with Crippen LogP contribution in [0.25, 0.3) is 0 Å². The molecule has 12 nitrogen and oxygen atoms in total. The Bertz CT molecular complexity index is 1520. The van der Waals surface area contributed by atoms with Gasteiger partial charge in [0.2, 0.25) is 0 Å². The lowest BCUT2D eigenvalue weighted by Crippen LogP contribution is -2.50. The van der Waals surface area contributed by atoms with Crippen LogP contribution in [0.15, 0.2) is 47.0 Å². The van der Waals surface area contributed by atoms with Crippen molar-refractivity contribution in [2.45, 2.75) is 46.0 Å². The van der Waals surface area contributed by atoms with E-state index in [-0.39, 0.29) is 42.6 Å². The predicted octanol–water partition coefficient (Wildman–Crippen LogP) is 5.34. The lowest BCUT2D eigenvalue weighted by molar-refractivity contribution is -0.137. The summed E-state index contributed by atoms with van der Waals surface area (Å²) in [6.45, 7) is 6.82. The third kappa shape index (κ3) is 7.84. The highest BCUT2D eigenvalue weighted by Crippen LogP contribution is 2.32. The van der Waals surface area contributed by atoms with E-state index in [2.05, 4.69) is 21.1 Å². The van der Waals surface area contributed by atoms with Gasteiger partial charge >= 0.3 is 18.2 Å². The topological polar surface area (TPSA) is 149 Å². The van der Waals surface area contributed by atoms with Gasteiger partial charge in [0.15, 0.2) is 5.76 Å². The smallest absolute Gasteiger partial charge is 0.416 e. The average Bonchev–Trinajstić information content (AvgIpc) is 3.30. The molecule has 2 heterocycles. The minimum absolute atomic E-state index is 0.0580. The van der Waals surface area contributed by atoms with Gasteiger partial charge in [0.1, 0.15) is 23.2 Å². The number of aromatic nitrogens is 1. The molecule has 0 saturated carbocycles.